The SMILES string of the molecule is O=C(NOCc1c(-c2ccc(F)c(F)c2)nc2cnc(Br)cn12)c1ccccc1. The molecule has 0 fully saturated rings. The molecule has 0 bridgehead atoms. The van der Waals surface area contributed by atoms with Crippen molar-refractivity contribution in [2.75, 3.05) is 0 Å². The van der Waals surface area contributed by atoms with Crippen LogP contribution in [0.1, 0.15) is 16.1 Å². The van der Waals surface area contributed by atoms with Crippen LogP contribution in [0.15, 0.2) is 65.5 Å². The van der Waals surface area contributed by atoms with Gasteiger partial charge in [0.05, 0.1) is 17.6 Å². The van der Waals surface area contributed by atoms with Gasteiger partial charge in [0.15, 0.2) is 17.3 Å². The van der Waals surface area contributed by atoms with E-state index in [1.165, 1.54) is 12.3 Å². The first-order chi connectivity index (χ1) is 14.0. The second-order valence-electron chi connectivity index (χ2n) is 6.06. The molecule has 0 unspecified atom stereocenters. The predicted octanol–water partition coefficient (Wildman–Crippen LogP) is 4.30. The number of imidazole rings is 1. The Bertz CT molecular complexity index is 1200. The molecule has 4 aromatic rings. The van der Waals surface area contributed by atoms with Crippen molar-refractivity contribution in [2.45, 2.75) is 6.61 Å². The number of hydrogen-bond acceptors (Lipinski definition) is 4. The van der Waals surface area contributed by atoms with Crippen LogP contribution in [0.5, 0.6) is 0 Å². The van der Waals surface area contributed by atoms with E-state index in [2.05, 4.69) is 31.4 Å². The molecule has 146 valence electrons. The minimum atomic E-state index is -0.983. The topological polar surface area (TPSA) is 68.5 Å². The smallest absolute Gasteiger partial charge is 0.274 e. The molecular weight excluding hydrogens is 446 g/mol. The van der Waals surface area contributed by atoms with Gasteiger partial charge in [-0.2, -0.15) is 0 Å². The van der Waals surface area contributed by atoms with Crippen LogP contribution in [0.4, 0.5) is 8.78 Å². The molecule has 1 amide bonds. The van der Waals surface area contributed by atoms with Crippen molar-refractivity contribution in [2.24, 2.45) is 0 Å². The van der Waals surface area contributed by atoms with Gasteiger partial charge in [-0.15, -0.1) is 0 Å². The van der Waals surface area contributed by atoms with Crippen molar-refractivity contribution in [3.8, 4) is 11.3 Å². The first-order valence-electron chi connectivity index (χ1n) is 8.48. The average molecular weight is 459 g/mol. The molecule has 4 rings (SSSR count). The number of fused-ring (bicyclic) bond motifs is 1. The van der Waals surface area contributed by atoms with Crippen LogP contribution >= 0.6 is 15.9 Å². The Balaban J connectivity index is 1.65. The lowest BCUT2D eigenvalue weighted by atomic mass is 10.1. The summed E-state index contributed by atoms with van der Waals surface area (Å²) in [5.41, 5.74) is 4.59. The fourth-order valence-electron chi connectivity index (χ4n) is 2.81. The van der Waals surface area contributed by atoms with E-state index in [1.54, 1.807) is 40.9 Å². The molecule has 0 spiro atoms. The Morgan fingerprint density at radius 3 is 2.69 bits per heavy atom. The average Bonchev–Trinajstić information content (AvgIpc) is 3.08. The summed E-state index contributed by atoms with van der Waals surface area (Å²) in [6.45, 7) is -0.0650. The Hall–Kier alpha value is -3.17. The van der Waals surface area contributed by atoms with Crippen molar-refractivity contribution in [3.05, 3.63) is 88.4 Å². The van der Waals surface area contributed by atoms with Crippen LogP contribution in [0.3, 0.4) is 0 Å². The molecule has 29 heavy (non-hydrogen) atoms. The van der Waals surface area contributed by atoms with E-state index in [4.69, 9.17) is 4.84 Å². The summed E-state index contributed by atoms with van der Waals surface area (Å²) in [7, 11) is 0. The van der Waals surface area contributed by atoms with Crippen LogP contribution in [-0.4, -0.2) is 20.3 Å². The third kappa shape index (κ3) is 4.01. The van der Waals surface area contributed by atoms with Gasteiger partial charge in [-0.3, -0.25) is 14.0 Å². The van der Waals surface area contributed by atoms with Crippen LogP contribution in [0, 0.1) is 11.6 Å². The van der Waals surface area contributed by atoms with Crippen molar-refractivity contribution in [1.82, 2.24) is 19.8 Å². The summed E-state index contributed by atoms with van der Waals surface area (Å²) in [5, 5.41) is 0. The zero-order chi connectivity index (χ0) is 20.4. The van der Waals surface area contributed by atoms with E-state index in [1.807, 2.05) is 0 Å². The van der Waals surface area contributed by atoms with E-state index in [-0.39, 0.29) is 6.61 Å². The minimum Gasteiger partial charge on any atom is -0.297 e. The highest BCUT2D eigenvalue weighted by atomic mass is 79.9. The van der Waals surface area contributed by atoms with Gasteiger partial charge in [0.2, 0.25) is 0 Å². The Morgan fingerprint density at radius 2 is 1.93 bits per heavy atom. The highest BCUT2D eigenvalue weighted by molar-refractivity contribution is 9.10. The number of hydrogen-bond donors (Lipinski definition) is 1. The zero-order valence-corrected chi connectivity index (χ0v) is 16.4. The van der Waals surface area contributed by atoms with Crippen molar-refractivity contribution >= 4 is 27.5 Å². The molecule has 0 radical (unpaired) electrons. The van der Waals surface area contributed by atoms with Gasteiger partial charge in [0, 0.05) is 17.3 Å². The lowest BCUT2D eigenvalue weighted by Gasteiger charge is -2.08. The third-order valence-corrected chi connectivity index (χ3v) is 4.59. The minimum absolute atomic E-state index is 0.0650. The number of nitrogens with zero attached hydrogens (tertiary/aromatic N) is 3. The van der Waals surface area contributed by atoms with Gasteiger partial charge in [-0.25, -0.2) is 24.2 Å². The molecule has 0 aliphatic heterocycles. The fraction of sp³-hybridized carbons (Fsp3) is 0.0500. The van der Waals surface area contributed by atoms with Gasteiger partial charge < -0.3 is 0 Å². The molecule has 1 N–H and O–H groups in total. The standard InChI is InChI=1S/C20H13BrF2N4O2/c21-17-10-27-16(11-29-26-20(28)12-4-2-1-3-5-12)19(25-18(27)9-24-17)13-6-7-14(22)15(23)8-13/h1-10H,11H2,(H,26,28). The summed E-state index contributed by atoms with van der Waals surface area (Å²) in [5.74, 6) is -2.34. The highest BCUT2D eigenvalue weighted by Gasteiger charge is 2.17. The summed E-state index contributed by atoms with van der Waals surface area (Å²) < 4.78 is 29.3. The van der Waals surface area contributed by atoms with Crippen LogP contribution in [0.2, 0.25) is 0 Å². The number of carbonyl (C=O) groups is 1. The molecule has 2 heterocycles. The number of halogens is 3. The molecule has 2 aromatic heterocycles. The second-order valence-corrected chi connectivity index (χ2v) is 6.87. The lowest BCUT2D eigenvalue weighted by Crippen LogP contribution is -2.23. The normalized spacial score (nSPS) is 11.0. The number of aromatic nitrogens is 3. The monoisotopic (exact) mass is 458 g/mol. The number of rotatable bonds is 5. The van der Waals surface area contributed by atoms with Crippen LogP contribution < -0.4 is 5.48 Å². The molecule has 0 aliphatic rings. The lowest BCUT2D eigenvalue weighted by molar-refractivity contribution is 0.0221. The molecule has 0 aliphatic carbocycles. The molecule has 0 saturated carbocycles. The maximum absolute atomic E-state index is 13.7. The van der Waals surface area contributed by atoms with E-state index in [0.717, 1.165) is 12.1 Å². The number of benzene rings is 2. The fourth-order valence-corrected chi connectivity index (χ4v) is 3.12. The van der Waals surface area contributed by atoms with Crippen molar-refractivity contribution in [1.29, 1.82) is 0 Å². The Morgan fingerprint density at radius 1 is 1.14 bits per heavy atom. The van der Waals surface area contributed by atoms with Gasteiger partial charge >= 0.3 is 0 Å². The summed E-state index contributed by atoms with van der Waals surface area (Å²) >= 11 is 3.30. The summed E-state index contributed by atoms with van der Waals surface area (Å²) in [4.78, 5) is 26.1. The van der Waals surface area contributed by atoms with Crippen LogP contribution in [0.25, 0.3) is 16.9 Å². The zero-order valence-electron chi connectivity index (χ0n) is 14.8. The quantitative estimate of drug-likeness (QED) is 0.452. The maximum atomic E-state index is 13.7. The largest absolute Gasteiger partial charge is 0.297 e. The van der Waals surface area contributed by atoms with Gasteiger partial charge in [-0.05, 0) is 46.3 Å². The Labute approximate surface area is 172 Å². The first-order valence-corrected chi connectivity index (χ1v) is 9.27. The first kappa shape index (κ1) is 19.2. The van der Waals surface area contributed by atoms with E-state index < -0.39 is 17.5 Å². The molecular formula is C20H13BrF2N4O2. The van der Waals surface area contributed by atoms with Crippen molar-refractivity contribution in [3.63, 3.8) is 0 Å². The van der Waals surface area contributed by atoms with E-state index in [0.29, 0.717) is 32.8 Å². The van der Waals surface area contributed by atoms with Crippen molar-refractivity contribution < 1.29 is 18.4 Å². The maximum Gasteiger partial charge on any atom is 0.274 e. The summed E-state index contributed by atoms with van der Waals surface area (Å²) in [6, 6.07) is 12.1. The molecule has 0 saturated heterocycles. The van der Waals surface area contributed by atoms with Gasteiger partial charge in [-0.1, -0.05) is 18.2 Å². The van der Waals surface area contributed by atoms with E-state index in [9.17, 15) is 13.6 Å². The third-order valence-electron chi connectivity index (χ3n) is 4.18. The number of nitrogens with one attached hydrogen (secondary N) is 1. The Kier molecular flexibility index (Phi) is 5.32. The summed E-state index contributed by atoms with van der Waals surface area (Å²) in [6.07, 6.45) is 3.20. The number of hydroxylamine groups is 1. The van der Waals surface area contributed by atoms with Gasteiger partial charge in [0.25, 0.3) is 5.91 Å². The molecule has 0 atom stereocenters. The van der Waals surface area contributed by atoms with Crippen LogP contribution in [-0.2, 0) is 11.4 Å². The number of amides is 1. The van der Waals surface area contributed by atoms with Gasteiger partial charge in [0.1, 0.15) is 11.2 Å². The second kappa shape index (κ2) is 8.06. The molecule has 6 nitrogen and oxygen atoms in total. The molecule has 2 aromatic carbocycles. The predicted molar refractivity (Wildman–Crippen MR) is 105 cm³/mol. The van der Waals surface area contributed by atoms with E-state index >= 15 is 0 Å². The molecule has 9 heteroatoms. The highest BCUT2D eigenvalue weighted by Crippen LogP contribution is 2.27. The number of carbonyl (C=O) groups excluding carboxylic acids is 1.